The first-order valence-electron chi connectivity index (χ1n) is 7.18. The summed E-state index contributed by atoms with van der Waals surface area (Å²) in [6, 6.07) is 14.1. The van der Waals surface area contributed by atoms with Crippen LogP contribution in [-0.4, -0.2) is 18.8 Å². The maximum atomic E-state index is 9.63. The maximum absolute atomic E-state index is 9.63. The van der Waals surface area contributed by atoms with Crippen molar-refractivity contribution in [2.45, 2.75) is 26.4 Å². The third kappa shape index (κ3) is 4.06. The number of hydrogen-bond donors (Lipinski definition) is 2. The summed E-state index contributed by atoms with van der Waals surface area (Å²) in [6.45, 7) is 4.99. The van der Waals surface area contributed by atoms with Gasteiger partial charge in [-0.3, -0.25) is 0 Å². The molecule has 112 valence electrons. The number of rotatable bonds is 6. The second-order valence-electron chi connectivity index (χ2n) is 5.32. The van der Waals surface area contributed by atoms with E-state index in [0.29, 0.717) is 0 Å². The van der Waals surface area contributed by atoms with Gasteiger partial charge in [-0.2, -0.15) is 0 Å². The number of methoxy groups -OCH3 is 1. The van der Waals surface area contributed by atoms with Crippen molar-refractivity contribution >= 4 is 0 Å². The second kappa shape index (κ2) is 7.25. The Kier molecular flexibility index (Phi) is 5.37. The summed E-state index contributed by atoms with van der Waals surface area (Å²) in [5.74, 6) is 0.805. The van der Waals surface area contributed by atoms with Crippen LogP contribution in [0.5, 0.6) is 5.75 Å². The van der Waals surface area contributed by atoms with Crippen molar-refractivity contribution in [2.24, 2.45) is 0 Å². The first-order valence-corrected chi connectivity index (χ1v) is 7.18. The van der Waals surface area contributed by atoms with Crippen LogP contribution in [0.3, 0.4) is 0 Å². The monoisotopic (exact) mass is 285 g/mol. The van der Waals surface area contributed by atoms with Gasteiger partial charge in [-0.1, -0.05) is 35.9 Å². The SMILES string of the molecule is COc1cccc(C(CO)NCc2ccc(C)cc2C)c1. The van der Waals surface area contributed by atoms with E-state index in [1.54, 1.807) is 7.11 Å². The molecule has 3 nitrogen and oxygen atoms in total. The van der Waals surface area contributed by atoms with Crippen molar-refractivity contribution in [1.29, 1.82) is 0 Å². The lowest BCUT2D eigenvalue weighted by Gasteiger charge is -2.18. The highest BCUT2D eigenvalue weighted by Crippen LogP contribution is 2.20. The van der Waals surface area contributed by atoms with E-state index in [-0.39, 0.29) is 12.6 Å². The molecule has 0 radical (unpaired) electrons. The Morgan fingerprint density at radius 1 is 1.14 bits per heavy atom. The molecule has 3 heteroatoms. The molecule has 0 aromatic heterocycles. The summed E-state index contributed by atoms with van der Waals surface area (Å²) >= 11 is 0. The van der Waals surface area contributed by atoms with Crippen LogP contribution in [0.15, 0.2) is 42.5 Å². The summed E-state index contributed by atoms with van der Waals surface area (Å²) < 4.78 is 5.24. The lowest BCUT2D eigenvalue weighted by molar-refractivity contribution is 0.243. The normalized spacial score (nSPS) is 12.2. The Morgan fingerprint density at radius 2 is 1.95 bits per heavy atom. The van der Waals surface area contributed by atoms with Gasteiger partial charge in [0.15, 0.2) is 0 Å². The molecule has 0 aliphatic rings. The summed E-state index contributed by atoms with van der Waals surface area (Å²) in [7, 11) is 1.65. The Morgan fingerprint density at radius 3 is 2.62 bits per heavy atom. The topological polar surface area (TPSA) is 41.5 Å². The van der Waals surface area contributed by atoms with E-state index in [9.17, 15) is 5.11 Å². The van der Waals surface area contributed by atoms with Gasteiger partial charge in [0, 0.05) is 6.54 Å². The third-order valence-electron chi connectivity index (χ3n) is 3.72. The molecule has 2 aromatic carbocycles. The fourth-order valence-electron chi connectivity index (χ4n) is 2.42. The van der Waals surface area contributed by atoms with Gasteiger partial charge < -0.3 is 15.2 Å². The van der Waals surface area contributed by atoms with Gasteiger partial charge in [-0.15, -0.1) is 0 Å². The van der Waals surface area contributed by atoms with Crippen molar-refractivity contribution in [1.82, 2.24) is 5.32 Å². The average molecular weight is 285 g/mol. The van der Waals surface area contributed by atoms with Gasteiger partial charge in [0.05, 0.1) is 19.8 Å². The van der Waals surface area contributed by atoms with Gasteiger partial charge >= 0.3 is 0 Å². The molecule has 0 saturated carbocycles. The standard InChI is InChI=1S/C18H23NO2/c1-13-7-8-16(14(2)9-13)11-19-18(12-20)15-5-4-6-17(10-15)21-3/h4-10,18-20H,11-12H2,1-3H3. The van der Waals surface area contributed by atoms with E-state index in [2.05, 4.69) is 37.4 Å². The maximum Gasteiger partial charge on any atom is 0.119 e. The summed E-state index contributed by atoms with van der Waals surface area (Å²) in [6.07, 6.45) is 0. The minimum absolute atomic E-state index is 0.0536. The Labute approximate surface area is 126 Å². The zero-order valence-corrected chi connectivity index (χ0v) is 12.9. The zero-order chi connectivity index (χ0) is 15.2. The van der Waals surface area contributed by atoms with Gasteiger partial charge in [-0.05, 0) is 42.7 Å². The molecule has 1 atom stereocenters. The highest BCUT2D eigenvalue weighted by atomic mass is 16.5. The molecule has 0 spiro atoms. The number of aliphatic hydroxyl groups excluding tert-OH is 1. The lowest BCUT2D eigenvalue weighted by atomic mass is 10.0. The number of ether oxygens (including phenoxy) is 1. The van der Waals surface area contributed by atoms with E-state index in [0.717, 1.165) is 17.9 Å². The van der Waals surface area contributed by atoms with Crippen LogP contribution in [0.1, 0.15) is 28.3 Å². The molecule has 0 bridgehead atoms. The predicted octanol–water partition coefficient (Wildman–Crippen LogP) is 3.14. The smallest absolute Gasteiger partial charge is 0.119 e. The van der Waals surface area contributed by atoms with Crippen molar-refractivity contribution < 1.29 is 9.84 Å². The van der Waals surface area contributed by atoms with Gasteiger partial charge in [-0.25, -0.2) is 0 Å². The predicted molar refractivity (Wildman–Crippen MR) is 85.6 cm³/mol. The first kappa shape index (κ1) is 15.5. The van der Waals surface area contributed by atoms with Crippen LogP contribution in [0.4, 0.5) is 0 Å². The minimum Gasteiger partial charge on any atom is -0.497 e. The Bertz CT molecular complexity index is 596. The molecule has 21 heavy (non-hydrogen) atoms. The fraction of sp³-hybridized carbons (Fsp3) is 0.333. The molecular weight excluding hydrogens is 262 g/mol. The molecule has 1 unspecified atom stereocenters. The van der Waals surface area contributed by atoms with Crippen molar-refractivity contribution in [2.75, 3.05) is 13.7 Å². The van der Waals surface area contributed by atoms with Crippen molar-refractivity contribution in [3.63, 3.8) is 0 Å². The van der Waals surface area contributed by atoms with E-state index < -0.39 is 0 Å². The van der Waals surface area contributed by atoms with Crippen LogP contribution in [0, 0.1) is 13.8 Å². The fourth-order valence-corrected chi connectivity index (χ4v) is 2.42. The van der Waals surface area contributed by atoms with Crippen LogP contribution in [0.2, 0.25) is 0 Å². The Hall–Kier alpha value is -1.84. The first-order chi connectivity index (χ1) is 10.1. The molecular formula is C18H23NO2. The lowest BCUT2D eigenvalue weighted by Crippen LogP contribution is -2.24. The molecule has 2 aromatic rings. The zero-order valence-electron chi connectivity index (χ0n) is 12.9. The van der Waals surface area contributed by atoms with E-state index >= 15 is 0 Å². The molecule has 0 amide bonds. The van der Waals surface area contributed by atoms with Gasteiger partial charge in [0.25, 0.3) is 0 Å². The summed E-state index contributed by atoms with van der Waals surface area (Å²) in [4.78, 5) is 0. The molecule has 2 N–H and O–H groups in total. The van der Waals surface area contributed by atoms with E-state index in [1.165, 1.54) is 16.7 Å². The van der Waals surface area contributed by atoms with Crippen molar-refractivity contribution in [3.8, 4) is 5.75 Å². The van der Waals surface area contributed by atoms with Crippen LogP contribution < -0.4 is 10.1 Å². The number of hydrogen-bond acceptors (Lipinski definition) is 3. The number of nitrogens with one attached hydrogen (secondary N) is 1. The Balaban J connectivity index is 2.08. The van der Waals surface area contributed by atoms with Crippen LogP contribution >= 0.6 is 0 Å². The summed E-state index contributed by atoms with van der Waals surface area (Å²) in [5, 5.41) is 13.0. The third-order valence-corrected chi connectivity index (χ3v) is 3.72. The summed E-state index contributed by atoms with van der Waals surface area (Å²) in [5.41, 5.74) is 4.82. The highest BCUT2D eigenvalue weighted by Gasteiger charge is 2.11. The molecule has 0 heterocycles. The average Bonchev–Trinajstić information content (AvgIpc) is 2.50. The molecule has 0 aliphatic carbocycles. The number of aryl methyl sites for hydroxylation is 2. The molecule has 2 rings (SSSR count). The quantitative estimate of drug-likeness (QED) is 0.857. The second-order valence-corrected chi connectivity index (χ2v) is 5.32. The van der Waals surface area contributed by atoms with E-state index in [4.69, 9.17) is 4.74 Å². The van der Waals surface area contributed by atoms with Crippen LogP contribution in [0.25, 0.3) is 0 Å². The highest BCUT2D eigenvalue weighted by molar-refractivity contribution is 5.32. The number of benzene rings is 2. The van der Waals surface area contributed by atoms with Gasteiger partial charge in [0.1, 0.15) is 5.75 Å². The largest absolute Gasteiger partial charge is 0.497 e. The van der Waals surface area contributed by atoms with Crippen LogP contribution in [-0.2, 0) is 6.54 Å². The number of aliphatic hydroxyl groups is 1. The van der Waals surface area contributed by atoms with E-state index in [1.807, 2.05) is 24.3 Å². The van der Waals surface area contributed by atoms with Crippen molar-refractivity contribution in [3.05, 3.63) is 64.7 Å². The molecule has 0 saturated heterocycles. The molecule has 0 aliphatic heterocycles. The minimum atomic E-state index is -0.0965. The van der Waals surface area contributed by atoms with Gasteiger partial charge in [0.2, 0.25) is 0 Å². The molecule has 0 fully saturated rings.